The van der Waals surface area contributed by atoms with Crippen LogP contribution in [0.2, 0.25) is 5.02 Å². The second-order valence-electron chi connectivity index (χ2n) is 3.56. The number of nitrogens with zero attached hydrogens (tertiary/aromatic N) is 2. The van der Waals surface area contributed by atoms with Gasteiger partial charge in [0.1, 0.15) is 11.6 Å². The van der Waals surface area contributed by atoms with Crippen LogP contribution in [0.3, 0.4) is 0 Å². The highest BCUT2D eigenvalue weighted by Gasteiger charge is 2.19. The van der Waals surface area contributed by atoms with Crippen LogP contribution in [-0.4, -0.2) is 13.1 Å². The van der Waals surface area contributed by atoms with Crippen LogP contribution in [0.5, 0.6) is 0 Å². The van der Waals surface area contributed by atoms with Crippen molar-refractivity contribution in [3.63, 3.8) is 0 Å². The Hall–Kier alpha value is -1.27. The molecule has 0 N–H and O–H groups in total. The Balaban J connectivity index is 2.47. The molecule has 0 aliphatic carbocycles. The molecule has 1 heterocycles. The minimum absolute atomic E-state index is 0.00879. The Labute approximate surface area is 92.9 Å². The average molecular weight is 225 g/mol. The van der Waals surface area contributed by atoms with E-state index in [0.717, 1.165) is 25.9 Å². The highest BCUT2D eigenvalue weighted by Crippen LogP contribution is 2.29. The van der Waals surface area contributed by atoms with Crippen molar-refractivity contribution in [3.8, 4) is 6.07 Å². The summed E-state index contributed by atoms with van der Waals surface area (Å²) in [5, 5.41) is 8.92. The van der Waals surface area contributed by atoms with Crippen LogP contribution in [0.15, 0.2) is 12.1 Å². The Kier molecular flexibility index (Phi) is 2.79. The van der Waals surface area contributed by atoms with Gasteiger partial charge >= 0.3 is 0 Å². The van der Waals surface area contributed by atoms with Gasteiger partial charge in [-0.1, -0.05) is 11.6 Å². The molecule has 2 rings (SSSR count). The minimum Gasteiger partial charge on any atom is -0.370 e. The standard InChI is InChI=1S/C11H10ClFN2/c12-9-3-4-10(8(7-14)11(9)13)15-5-1-2-6-15/h3-4H,1-2,5-6H2. The van der Waals surface area contributed by atoms with E-state index < -0.39 is 5.82 Å². The number of hydrogen-bond acceptors (Lipinski definition) is 2. The predicted octanol–water partition coefficient (Wildman–Crippen LogP) is 2.95. The van der Waals surface area contributed by atoms with E-state index in [2.05, 4.69) is 0 Å². The first-order chi connectivity index (χ1) is 7.24. The van der Waals surface area contributed by atoms with Crippen molar-refractivity contribution in [3.05, 3.63) is 28.5 Å². The number of rotatable bonds is 1. The summed E-state index contributed by atoms with van der Waals surface area (Å²) in [6.07, 6.45) is 2.18. The predicted molar refractivity (Wildman–Crippen MR) is 57.6 cm³/mol. The number of anilines is 1. The van der Waals surface area contributed by atoms with E-state index in [1.807, 2.05) is 11.0 Å². The van der Waals surface area contributed by atoms with Crippen LogP contribution in [-0.2, 0) is 0 Å². The van der Waals surface area contributed by atoms with E-state index in [9.17, 15) is 4.39 Å². The first-order valence-electron chi connectivity index (χ1n) is 4.87. The SMILES string of the molecule is N#Cc1c(N2CCCC2)ccc(Cl)c1F. The zero-order valence-corrected chi connectivity index (χ0v) is 8.89. The van der Waals surface area contributed by atoms with Crippen molar-refractivity contribution in [1.82, 2.24) is 0 Å². The lowest BCUT2D eigenvalue weighted by Gasteiger charge is -2.19. The first-order valence-corrected chi connectivity index (χ1v) is 5.25. The molecular weight excluding hydrogens is 215 g/mol. The normalized spacial score (nSPS) is 15.4. The number of halogens is 2. The van der Waals surface area contributed by atoms with E-state index in [0.29, 0.717) is 5.69 Å². The lowest BCUT2D eigenvalue weighted by Crippen LogP contribution is -2.19. The Bertz CT molecular complexity index is 419. The Morgan fingerprint density at radius 2 is 2.00 bits per heavy atom. The number of nitriles is 1. The molecule has 0 bridgehead atoms. The van der Waals surface area contributed by atoms with Gasteiger partial charge in [-0.2, -0.15) is 5.26 Å². The van der Waals surface area contributed by atoms with Gasteiger partial charge in [0.2, 0.25) is 0 Å². The third-order valence-corrected chi connectivity index (χ3v) is 2.92. The number of benzene rings is 1. The summed E-state index contributed by atoms with van der Waals surface area (Å²) in [6.45, 7) is 1.77. The van der Waals surface area contributed by atoms with E-state index in [1.165, 1.54) is 6.07 Å². The average Bonchev–Trinajstić information content (AvgIpc) is 2.75. The van der Waals surface area contributed by atoms with Crippen molar-refractivity contribution in [2.24, 2.45) is 0 Å². The summed E-state index contributed by atoms with van der Waals surface area (Å²) in [7, 11) is 0. The fraction of sp³-hybridized carbons (Fsp3) is 0.364. The summed E-state index contributed by atoms with van der Waals surface area (Å²) in [5.41, 5.74) is 0.723. The molecule has 1 aliphatic heterocycles. The fourth-order valence-corrected chi connectivity index (χ4v) is 2.03. The fourth-order valence-electron chi connectivity index (χ4n) is 1.87. The van der Waals surface area contributed by atoms with Crippen molar-refractivity contribution in [2.75, 3.05) is 18.0 Å². The summed E-state index contributed by atoms with van der Waals surface area (Å²) >= 11 is 5.63. The molecule has 0 atom stereocenters. The lowest BCUT2D eigenvalue weighted by atomic mass is 10.1. The van der Waals surface area contributed by atoms with Crippen LogP contribution in [0.25, 0.3) is 0 Å². The summed E-state index contributed by atoms with van der Waals surface area (Å²) < 4.78 is 13.5. The van der Waals surface area contributed by atoms with E-state index in [-0.39, 0.29) is 10.6 Å². The third-order valence-electron chi connectivity index (χ3n) is 2.63. The maximum atomic E-state index is 13.5. The van der Waals surface area contributed by atoms with Gasteiger partial charge in [0.25, 0.3) is 0 Å². The lowest BCUT2D eigenvalue weighted by molar-refractivity contribution is 0.623. The van der Waals surface area contributed by atoms with Gasteiger partial charge in [-0.05, 0) is 25.0 Å². The van der Waals surface area contributed by atoms with E-state index >= 15 is 0 Å². The van der Waals surface area contributed by atoms with Crippen LogP contribution >= 0.6 is 11.6 Å². The minimum atomic E-state index is -0.608. The summed E-state index contributed by atoms with van der Waals surface area (Å²) in [6, 6.07) is 5.10. The van der Waals surface area contributed by atoms with Gasteiger partial charge in [-0.25, -0.2) is 4.39 Å². The van der Waals surface area contributed by atoms with Crippen LogP contribution in [0, 0.1) is 17.1 Å². The topological polar surface area (TPSA) is 27.0 Å². The molecule has 1 fully saturated rings. The molecule has 4 heteroatoms. The Morgan fingerprint density at radius 3 is 2.60 bits per heavy atom. The highest BCUT2D eigenvalue weighted by molar-refractivity contribution is 6.31. The molecule has 0 aromatic heterocycles. The van der Waals surface area contributed by atoms with Crippen molar-refractivity contribution in [1.29, 1.82) is 5.26 Å². The second kappa shape index (κ2) is 4.08. The molecule has 0 unspecified atom stereocenters. The van der Waals surface area contributed by atoms with Crippen LogP contribution in [0.4, 0.5) is 10.1 Å². The zero-order valence-electron chi connectivity index (χ0n) is 8.13. The van der Waals surface area contributed by atoms with Crippen LogP contribution in [0.1, 0.15) is 18.4 Å². The largest absolute Gasteiger partial charge is 0.370 e. The highest BCUT2D eigenvalue weighted by atomic mass is 35.5. The molecular formula is C11H10ClFN2. The van der Waals surface area contributed by atoms with Gasteiger partial charge in [-0.3, -0.25) is 0 Å². The van der Waals surface area contributed by atoms with Gasteiger partial charge in [0.05, 0.1) is 10.7 Å². The summed E-state index contributed by atoms with van der Waals surface area (Å²) in [4.78, 5) is 2.03. The molecule has 0 radical (unpaired) electrons. The first kappa shape index (κ1) is 10.3. The molecule has 1 aliphatic rings. The Morgan fingerprint density at radius 1 is 1.33 bits per heavy atom. The van der Waals surface area contributed by atoms with Crippen molar-refractivity contribution < 1.29 is 4.39 Å². The second-order valence-corrected chi connectivity index (χ2v) is 3.97. The quantitative estimate of drug-likeness (QED) is 0.733. The maximum absolute atomic E-state index is 13.5. The molecule has 1 aromatic rings. The zero-order chi connectivity index (χ0) is 10.8. The molecule has 78 valence electrons. The molecule has 0 amide bonds. The summed E-state index contributed by atoms with van der Waals surface area (Å²) in [5.74, 6) is -0.608. The van der Waals surface area contributed by atoms with Gasteiger partial charge in [0.15, 0.2) is 5.82 Å². The smallest absolute Gasteiger partial charge is 0.161 e. The molecule has 2 nitrogen and oxygen atoms in total. The molecule has 1 saturated heterocycles. The molecule has 15 heavy (non-hydrogen) atoms. The van der Waals surface area contributed by atoms with Crippen LogP contribution < -0.4 is 4.90 Å². The monoisotopic (exact) mass is 224 g/mol. The molecule has 0 spiro atoms. The van der Waals surface area contributed by atoms with E-state index in [1.54, 1.807) is 6.07 Å². The third kappa shape index (κ3) is 1.78. The van der Waals surface area contributed by atoms with Gasteiger partial charge < -0.3 is 4.90 Å². The number of hydrogen-bond donors (Lipinski definition) is 0. The molecule has 0 saturated carbocycles. The van der Waals surface area contributed by atoms with Crippen molar-refractivity contribution in [2.45, 2.75) is 12.8 Å². The van der Waals surface area contributed by atoms with E-state index in [4.69, 9.17) is 16.9 Å². The van der Waals surface area contributed by atoms with Crippen molar-refractivity contribution >= 4 is 17.3 Å². The van der Waals surface area contributed by atoms with Gasteiger partial charge in [0, 0.05) is 13.1 Å². The van der Waals surface area contributed by atoms with Gasteiger partial charge in [-0.15, -0.1) is 0 Å². The maximum Gasteiger partial charge on any atom is 0.161 e. The molecule has 1 aromatic carbocycles.